The topological polar surface area (TPSA) is 46.5 Å². The normalized spacial score (nSPS) is 53.8. The van der Waals surface area contributed by atoms with Gasteiger partial charge >= 0.3 is 0 Å². The Morgan fingerprint density at radius 1 is 1.04 bits per heavy atom. The van der Waals surface area contributed by atoms with Crippen LogP contribution < -0.4 is 0 Å². The fraction of sp³-hybridized carbons (Fsp3) is 0.952. The maximum Gasteiger partial charge on any atom is 0.123 e. The zero-order valence-corrected chi connectivity index (χ0v) is 15.4. The summed E-state index contributed by atoms with van der Waals surface area (Å²) in [5, 5.41) is 10.8. The smallest absolute Gasteiger partial charge is 0.123 e. The van der Waals surface area contributed by atoms with Gasteiger partial charge in [-0.2, -0.15) is 0 Å². The number of ether oxygens (including phenoxy) is 1. The summed E-state index contributed by atoms with van der Waals surface area (Å²) in [5.74, 6) is 4.25. The first-order valence-corrected chi connectivity index (χ1v) is 10.2. The Labute approximate surface area is 146 Å². The molecule has 0 radical (unpaired) electrons. The second-order valence-corrected chi connectivity index (χ2v) is 9.70. The van der Waals surface area contributed by atoms with Crippen molar-refractivity contribution in [3.8, 4) is 0 Å². The van der Waals surface area contributed by atoms with Crippen LogP contribution in [0, 0.1) is 40.9 Å². The van der Waals surface area contributed by atoms with Crippen LogP contribution in [-0.4, -0.2) is 30.7 Å². The summed E-state index contributed by atoms with van der Waals surface area (Å²) in [6, 6.07) is 0. The van der Waals surface area contributed by atoms with Crippen LogP contribution in [0.2, 0.25) is 0 Å². The van der Waals surface area contributed by atoms with E-state index in [1.54, 1.807) is 7.11 Å². The van der Waals surface area contributed by atoms with Crippen molar-refractivity contribution < 1.29 is 14.6 Å². The van der Waals surface area contributed by atoms with Crippen molar-refractivity contribution in [2.24, 2.45) is 40.9 Å². The van der Waals surface area contributed by atoms with E-state index in [9.17, 15) is 9.90 Å². The molecule has 4 aliphatic rings. The van der Waals surface area contributed by atoms with E-state index in [4.69, 9.17) is 4.74 Å². The molecule has 0 saturated heterocycles. The third-order valence-electron chi connectivity index (χ3n) is 8.75. The van der Waals surface area contributed by atoms with Crippen LogP contribution >= 0.6 is 0 Å². The Bertz CT molecular complexity index is 491. The van der Waals surface area contributed by atoms with Gasteiger partial charge in [-0.3, -0.25) is 0 Å². The highest BCUT2D eigenvalue weighted by molar-refractivity contribution is 5.56. The fourth-order valence-corrected chi connectivity index (χ4v) is 7.63. The minimum Gasteiger partial charge on any atom is -0.387 e. The molecule has 3 nitrogen and oxygen atoms in total. The SMILES string of the molecule is COC[C@@]1(O)CC[C@H]2[C@@H](CC[C@@H]3[C@@H]2CC[C@]2(C)[C@@H](C=O)CC[C@@H]32)C1. The molecule has 4 saturated carbocycles. The molecule has 3 heteroatoms. The monoisotopic (exact) mass is 334 g/mol. The number of rotatable bonds is 3. The largest absolute Gasteiger partial charge is 0.387 e. The van der Waals surface area contributed by atoms with Crippen LogP contribution in [-0.2, 0) is 9.53 Å². The Morgan fingerprint density at radius 3 is 2.58 bits per heavy atom. The predicted molar refractivity (Wildman–Crippen MR) is 93.5 cm³/mol. The van der Waals surface area contributed by atoms with Crippen molar-refractivity contribution in [3.63, 3.8) is 0 Å². The van der Waals surface area contributed by atoms with Gasteiger partial charge in [-0.1, -0.05) is 6.92 Å². The van der Waals surface area contributed by atoms with Gasteiger partial charge < -0.3 is 14.6 Å². The van der Waals surface area contributed by atoms with Gasteiger partial charge in [-0.25, -0.2) is 0 Å². The standard InChI is InChI=1S/C21H34O3/c1-20-9-7-17-16-8-10-21(23,13-24-2)11-14(16)3-5-18(17)19(20)6-4-15(20)12-22/h12,14-19,23H,3-11,13H2,1-2H3/t14-,15+,16-,17+,18+,19-,20+,21+/m0/s1. The Balaban J connectivity index is 1.51. The molecule has 0 unspecified atom stereocenters. The molecule has 0 spiro atoms. The van der Waals surface area contributed by atoms with Crippen LogP contribution in [0.1, 0.15) is 64.7 Å². The number of fused-ring (bicyclic) bond motifs is 5. The van der Waals surface area contributed by atoms with Crippen molar-refractivity contribution in [2.45, 2.75) is 70.3 Å². The zero-order valence-electron chi connectivity index (χ0n) is 15.4. The van der Waals surface area contributed by atoms with Gasteiger partial charge in [-0.15, -0.1) is 0 Å². The number of carbonyl (C=O) groups is 1. The zero-order chi connectivity index (χ0) is 16.9. The number of aldehydes is 1. The summed E-state index contributed by atoms with van der Waals surface area (Å²) in [7, 11) is 1.70. The van der Waals surface area contributed by atoms with E-state index in [1.807, 2.05) is 0 Å². The summed E-state index contributed by atoms with van der Waals surface area (Å²) in [6.07, 6.45) is 11.8. The molecular formula is C21H34O3. The number of hydrogen-bond donors (Lipinski definition) is 1. The highest BCUT2D eigenvalue weighted by atomic mass is 16.5. The molecule has 4 aliphatic carbocycles. The summed E-state index contributed by atoms with van der Waals surface area (Å²) in [5.41, 5.74) is -0.302. The lowest BCUT2D eigenvalue weighted by Gasteiger charge is -2.56. The van der Waals surface area contributed by atoms with Gasteiger partial charge in [-0.05, 0) is 92.8 Å². The minimum atomic E-state index is -0.581. The van der Waals surface area contributed by atoms with Crippen molar-refractivity contribution in [1.82, 2.24) is 0 Å². The molecule has 0 heterocycles. The summed E-state index contributed by atoms with van der Waals surface area (Å²) in [6.45, 7) is 2.90. The van der Waals surface area contributed by atoms with Crippen LogP contribution in [0.3, 0.4) is 0 Å². The highest BCUT2D eigenvalue weighted by Gasteiger charge is 2.57. The summed E-state index contributed by atoms with van der Waals surface area (Å²) >= 11 is 0. The number of carbonyl (C=O) groups excluding carboxylic acids is 1. The molecule has 0 aromatic rings. The maximum atomic E-state index is 11.5. The van der Waals surface area contributed by atoms with E-state index >= 15 is 0 Å². The molecule has 8 atom stereocenters. The molecule has 4 fully saturated rings. The number of hydrogen-bond acceptors (Lipinski definition) is 3. The van der Waals surface area contributed by atoms with Crippen LogP contribution in [0.4, 0.5) is 0 Å². The van der Waals surface area contributed by atoms with Crippen molar-refractivity contribution in [3.05, 3.63) is 0 Å². The van der Waals surface area contributed by atoms with Gasteiger partial charge in [0, 0.05) is 13.0 Å². The number of aliphatic hydroxyl groups is 1. The first kappa shape index (κ1) is 17.0. The molecule has 0 aliphatic heterocycles. The van der Waals surface area contributed by atoms with E-state index in [0.717, 1.165) is 42.9 Å². The molecule has 24 heavy (non-hydrogen) atoms. The molecule has 0 aromatic heterocycles. The van der Waals surface area contributed by atoms with E-state index in [2.05, 4.69) is 6.92 Å². The van der Waals surface area contributed by atoms with Gasteiger partial charge in [0.15, 0.2) is 0 Å². The molecular weight excluding hydrogens is 300 g/mol. The Hall–Kier alpha value is -0.410. The van der Waals surface area contributed by atoms with Crippen molar-refractivity contribution in [1.29, 1.82) is 0 Å². The molecule has 136 valence electrons. The fourth-order valence-electron chi connectivity index (χ4n) is 7.63. The van der Waals surface area contributed by atoms with Gasteiger partial charge in [0.1, 0.15) is 6.29 Å². The predicted octanol–water partition coefficient (Wildman–Crippen LogP) is 3.83. The first-order valence-electron chi connectivity index (χ1n) is 10.2. The molecule has 0 aromatic carbocycles. The quantitative estimate of drug-likeness (QED) is 0.798. The van der Waals surface area contributed by atoms with E-state index < -0.39 is 5.60 Å². The Morgan fingerprint density at radius 2 is 1.83 bits per heavy atom. The first-order chi connectivity index (χ1) is 11.5. The van der Waals surface area contributed by atoms with Crippen LogP contribution in [0.15, 0.2) is 0 Å². The van der Waals surface area contributed by atoms with Crippen molar-refractivity contribution in [2.75, 3.05) is 13.7 Å². The van der Waals surface area contributed by atoms with Crippen molar-refractivity contribution >= 4 is 6.29 Å². The van der Waals surface area contributed by atoms with E-state index in [0.29, 0.717) is 18.4 Å². The highest BCUT2D eigenvalue weighted by Crippen LogP contribution is 2.64. The third-order valence-corrected chi connectivity index (χ3v) is 8.75. The number of methoxy groups -OCH3 is 1. The molecule has 1 N–H and O–H groups in total. The average molecular weight is 335 g/mol. The maximum absolute atomic E-state index is 11.5. The average Bonchev–Trinajstić information content (AvgIpc) is 2.90. The lowest BCUT2D eigenvalue weighted by atomic mass is 9.49. The van der Waals surface area contributed by atoms with Gasteiger partial charge in [0.05, 0.1) is 12.2 Å². The van der Waals surface area contributed by atoms with Crippen LogP contribution in [0.5, 0.6) is 0 Å². The van der Waals surface area contributed by atoms with Gasteiger partial charge in [0.25, 0.3) is 0 Å². The second-order valence-electron chi connectivity index (χ2n) is 9.70. The molecule has 0 amide bonds. The molecule has 0 bridgehead atoms. The van der Waals surface area contributed by atoms with Crippen LogP contribution in [0.25, 0.3) is 0 Å². The second kappa shape index (κ2) is 6.09. The summed E-state index contributed by atoms with van der Waals surface area (Å²) in [4.78, 5) is 11.5. The summed E-state index contributed by atoms with van der Waals surface area (Å²) < 4.78 is 5.28. The lowest BCUT2D eigenvalue weighted by Crippen LogP contribution is -2.52. The molecule has 4 rings (SSSR count). The third kappa shape index (κ3) is 2.49. The Kier molecular flexibility index (Phi) is 4.32. The lowest BCUT2D eigenvalue weighted by molar-refractivity contribution is -0.129. The minimum absolute atomic E-state index is 0.279. The van der Waals surface area contributed by atoms with Gasteiger partial charge in [0.2, 0.25) is 0 Å². The van der Waals surface area contributed by atoms with E-state index in [1.165, 1.54) is 44.8 Å². The van der Waals surface area contributed by atoms with E-state index in [-0.39, 0.29) is 5.41 Å².